The van der Waals surface area contributed by atoms with E-state index in [0.717, 1.165) is 39.1 Å². The highest BCUT2D eigenvalue weighted by molar-refractivity contribution is 5.80. The third kappa shape index (κ3) is 6.93. The van der Waals surface area contributed by atoms with E-state index < -0.39 is 12.1 Å². The van der Waals surface area contributed by atoms with Crippen molar-refractivity contribution in [3.8, 4) is 0 Å². The molecule has 0 spiro atoms. The van der Waals surface area contributed by atoms with Crippen molar-refractivity contribution in [1.82, 2.24) is 10.2 Å². The number of carbonyl (C=O) groups is 2. The number of carbonyl (C=O) groups excluding carboxylic acids is 1. The number of hydrogen-bond donors (Lipinski definition) is 2. The predicted molar refractivity (Wildman–Crippen MR) is 107 cm³/mol. The van der Waals surface area contributed by atoms with Gasteiger partial charge in [-0.15, -0.1) is 0 Å². The lowest BCUT2D eigenvalue weighted by Gasteiger charge is -2.35. The summed E-state index contributed by atoms with van der Waals surface area (Å²) in [6, 6.07) is 8.87. The number of likely N-dealkylation sites (tertiary alicyclic amines) is 1. The number of alkyl halides is 3. The molecule has 0 radical (unpaired) electrons. The Morgan fingerprint density at radius 2 is 1.84 bits per heavy atom. The topological polar surface area (TPSA) is 78.9 Å². The Labute approximate surface area is 179 Å². The first-order chi connectivity index (χ1) is 14.6. The van der Waals surface area contributed by atoms with Gasteiger partial charge in [0.05, 0.1) is 12.7 Å². The van der Waals surface area contributed by atoms with Crippen LogP contribution in [0.25, 0.3) is 0 Å². The van der Waals surface area contributed by atoms with Crippen LogP contribution in [0.5, 0.6) is 0 Å². The highest BCUT2D eigenvalue weighted by Crippen LogP contribution is 2.35. The Kier molecular flexibility index (Phi) is 7.59. The second kappa shape index (κ2) is 9.99. The van der Waals surface area contributed by atoms with Crippen molar-refractivity contribution in [3.05, 3.63) is 35.4 Å². The van der Waals surface area contributed by atoms with Crippen molar-refractivity contribution in [2.45, 2.75) is 45.0 Å². The van der Waals surface area contributed by atoms with E-state index in [4.69, 9.17) is 14.6 Å². The molecule has 3 aliphatic rings. The number of carboxylic acid groups (broad SMARTS) is 1. The fourth-order valence-corrected chi connectivity index (χ4v) is 4.16. The summed E-state index contributed by atoms with van der Waals surface area (Å²) in [5.41, 5.74) is 2.71. The van der Waals surface area contributed by atoms with Gasteiger partial charge in [0.1, 0.15) is 0 Å². The van der Waals surface area contributed by atoms with Gasteiger partial charge in [-0.25, -0.2) is 4.79 Å². The van der Waals surface area contributed by atoms with Crippen molar-refractivity contribution in [1.29, 1.82) is 0 Å². The lowest BCUT2D eigenvalue weighted by molar-refractivity contribution is -0.192. The predicted octanol–water partition coefficient (Wildman–Crippen LogP) is 2.99. The quantitative estimate of drug-likeness (QED) is 0.733. The van der Waals surface area contributed by atoms with Crippen molar-refractivity contribution < 1.29 is 32.6 Å². The second-order valence-electron chi connectivity index (χ2n) is 8.63. The van der Waals surface area contributed by atoms with Crippen LogP contribution in [0.3, 0.4) is 0 Å². The van der Waals surface area contributed by atoms with E-state index in [0.29, 0.717) is 24.3 Å². The monoisotopic (exact) mass is 442 g/mol. The molecule has 172 valence electrons. The number of hydrogen-bond acceptors (Lipinski definition) is 4. The molecule has 1 aromatic rings. The fourth-order valence-electron chi connectivity index (χ4n) is 4.16. The van der Waals surface area contributed by atoms with Gasteiger partial charge in [0, 0.05) is 31.5 Å². The summed E-state index contributed by atoms with van der Waals surface area (Å²) in [6.45, 7) is 6.96. The Hall–Kier alpha value is -2.13. The minimum Gasteiger partial charge on any atom is -0.475 e. The van der Waals surface area contributed by atoms with Gasteiger partial charge in [-0.1, -0.05) is 29.8 Å². The number of piperidine rings is 1. The maximum absolute atomic E-state index is 11.8. The molecule has 2 aliphatic heterocycles. The van der Waals surface area contributed by atoms with Gasteiger partial charge < -0.3 is 15.2 Å². The lowest BCUT2D eigenvalue weighted by atomic mass is 9.84. The molecule has 4 rings (SSSR count). The maximum Gasteiger partial charge on any atom is 0.490 e. The summed E-state index contributed by atoms with van der Waals surface area (Å²) in [4.78, 5) is 23.3. The van der Waals surface area contributed by atoms with Crippen molar-refractivity contribution >= 4 is 11.9 Å². The number of nitrogens with zero attached hydrogens (tertiary/aromatic N) is 1. The van der Waals surface area contributed by atoms with Gasteiger partial charge in [0.2, 0.25) is 5.91 Å². The maximum atomic E-state index is 11.8. The molecule has 1 amide bonds. The molecule has 1 saturated carbocycles. The van der Waals surface area contributed by atoms with E-state index in [1.54, 1.807) is 0 Å². The highest BCUT2D eigenvalue weighted by atomic mass is 19.4. The Morgan fingerprint density at radius 1 is 1.19 bits per heavy atom. The molecule has 31 heavy (non-hydrogen) atoms. The summed E-state index contributed by atoms with van der Waals surface area (Å²) in [5, 5.41) is 10.2. The molecule has 1 aliphatic carbocycles. The van der Waals surface area contributed by atoms with Crippen LogP contribution >= 0.6 is 0 Å². The van der Waals surface area contributed by atoms with Gasteiger partial charge in [-0.3, -0.25) is 9.69 Å². The molecule has 1 aromatic carbocycles. The molecule has 0 unspecified atom stereocenters. The number of fused-ring (bicyclic) bond motifs is 1. The molecule has 2 N–H and O–H groups in total. The number of aryl methyl sites for hydroxylation is 1. The summed E-state index contributed by atoms with van der Waals surface area (Å²) in [5.74, 6) is -1.00. The average molecular weight is 442 g/mol. The number of amides is 1. The van der Waals surface area contributed by atoms with Gasteiger partial charge in [0.25, 0.3) is 0 Å². The summed E-state index contributed by atoms with van der Waals surface area (Å²) < 4.78 is 37.8. The van der Waals surface area contributed by atoms with E-state index in [1.807, 2.05) is 0 Å². The minimum absolute atomic E-state index is 0.222. The summed E-state index contributed by atoms with van der Waals surface area (Å²) in [6.07, 6.45) is -1.55. The number of ether oxygens (including phenoxy) is 1. The molecule has 3 fully saturated rings. The molecular formula is C22H29F3N2O4. The molecular weight excluding hydrogens is 413 g/mol. The van der Waals surface area contributed by atoms with E-state index in [9.17, 15) is 18.0 Å². The van der Waals surface area contributed by atoms with Gasteiger partial charge >= 0.3 is 12.1 Å². The van der Waals surface area contributed by atoms with E-state index in [-0.39, 0.29) is 12.0 Å². The number of aliphatic carboxylic acids is 1. The number of carboxylic acids is 1. The van der Waals surface area contributed by atoms with Crippen LogP contribution in [-0.2, 0) is 20.9 Å². The van der Waals surface area contributed by atoms with Crippen molar-refractivity contribution in [2.75, 3.05) is 26.2 Å². The fraction of sp³-hybridized carbons (Fsp3) is 0.636. The largest absolute Gasteiger partial charge is 0.490 e. The number of halogens is 3. The zero-order chi connectivity index (χ0) is 22.6. The number of benzene rings is 1. The third-order valence-electron chi connectivity index (χ3n) is 6.07. The van der Waals surface area contributed by atoms with Gasteiger partial charge in [-0.2, -0.15) is 13.2 Å². The first kappa shape index (κ1) is 23.5. The second-order valence-corrected chi connectivity index (χ2v) is 8.63. The van der Waals surface area contributed by atoms with Gasteiger partial charge in [-0.05, 0) is 44.2 Å². The number of nitrogens with one attached hydrogen (secondary N) is 1. The molecule has 6 nitrogen and oxygen atoms in total. The Balaban J connectivity index is 0.000000339. The molecule has 9 heteroatoms. The van der Waals surface area contributed by atoms with Crippen LogP contribution in [0.15, 0.2) is 24.3 Å². The van der Waals surface area contributed by atoms with Gasteiger partial charge in [0.15, 0.2) is 0 Å². The van der Waals surface area contributed by atoms with Crippen molar-refractivity contribution in [3.63, 3.8) is 0 Å². The van der Waals surface area contributed by atoms with Crippen LogP contribution in [0.4, 0.5) is 13.2 Å². The zero-order valence-electron chi connectivity index (χ0n) is 17.5. The van der Waals surface area contributed by atoms with Crippen LogP contribution in [0.1, 0.15) is 30.4 Å². The lowest BCUT2D eigenvalue weighted by Crippen LogP contribution is -2.43. The molecule has 3 atom stereocenters. The van der Waals surface area contributed by atoms with Crippen LogP contribution in [0.2, 0.25) is 0 Å². The van der Waals surface area contributed by atoms with Crippen LogP contribution in [-0.4, -0.2) is 60.4 Å². The van der Waals surface area contributed by atoms with E-state index >= 15 is 0 Å². The first-order valence-corrected chi connectivity index (χ1v) is 10.6. The minimum atomic E-state index is -5.08. The molecule has 2 saturated heterocycles. The Bertz CT molecular complexity index is 765. The zero-order valence-corrected chi connectivity index (χ0v) is 17.5. The summed E-state index contributed by atoms with van der Waals surface area (Å²) >= 11 is 0. The number of rotatable bonds is 5. The van der Waals surface area contributed by atoms with E-state index in [2.05, 4.69) is 41.4 Å². The SMILES string of the molecule is Cc1ccc(CN2CC[C@@H]3[C@@H](CO[C@H]3CNC(=O)C3CC3)C2)cc1.O=C(O)C(F)(F)F. The molecule has 2 heterocycles. The normalized spacial score (nSPS) is 25.9. The average Bonchev–Trinajstić information content (AvgIpc) is 3.49. The first-order valence-electron chi connectivity index (χ1n) is 10.6. The summed E-state index contributed by atoms with van der Waals surface area (Å²) in [7, 11) is 0. The smallest absolute Gasteiger partial charge is 0.475 e. The third-order valence-corrected chi connectivity index (χ3v) is 6.07. The standard InChI is InChI=1S/C20H28N2O2.C2HF3O2/c1-14-2-4-15(5-3-14)11-22-9-8-18-17(12-22)13-24-19(18)10-21-20(23)16-6-7-16;3-2(4,5)1(6)7/h2-5,16-19H,6-13H2,1H3,(H,21,23);(H,6,7)/t17-,18-,19+;/m1./s1. The van der Waals surface area contributed by atoms with Crippen molar-refractivity contribution in [2.24, 2.45) is 17.8 Å². The van der Waals surface area contributed by atoms with E-state index in [1.165, 1.54) is 17.5 Å². The highest BCUT2D eigenvalue weighted by Gasteiger charge is 2.41. The van der Waals surface area contributed by atoms with Crippen LogP contribution < -0.4 is 5.32 Å². The molecule has 0 bridgehead atoms. The molecule has 0 aromatic heterocycles. The Morgan fingerprint density at radius 3 is 2.42 bits per heavy atom. The van der Waals surface area contributed by atoms with Crippen LogP contribution in [0, 0.1) is 24.7 Å².